The minimum Gasteiger partial charge on any atom is -0.496 e. The SMILES string of the molecule is COc1ccncc1-c1ccc2c(c1)c(-c1ccnc(C)c1)nn2C(=O)OC(C)(C)C. The molecule has 158 valence electrons. The Bertz CT molecular complexity index is 1270. The highest BCUT2D eigenvalue weighted by Crippen LogP contribution is 2.35. The Morgan fingerprint density at radius 1 is 1.03 bits per heavy atom. The Labute approximate surface area is 180 Å². The molecule has 0 unspecified atom stereocenters. The van der Waals surface area contributed by atoms with Crippen molar-refractivity contribution in [3.05, 3.63) is 60.7 Å². The van der Waals surface area contributed by atoms with Gasteiger partial charge in [0.05, 0.1) is 12.6 Å². The average Bonchev–Trinajstić information content (AvgIpc) is 3.11. The highest BCUT2D eigenvalue weighted by molar-refractivity contribution is 6.00. The van der Waals surface area contributed by atoms with Gasteiger partial charge < -0.3 is 9.47 Å². The zero-order valence-electron chi connectivity index (χ0n) is 18.2. The van der Waals surface area contributed by atoms with Crippen LogP contribution in [0.2, 0.25) is 0 Å². The Kier molecular flexibility index (Phi) is 5.19. The maximum atomic E-state index is 12.9. The number of hydrogen-bond acceptors (Lipinski definition) is 6. The van der Waals surface area contributed by atoms with Crippen molar-refractivity contribution < 1.29 is 14.3 Å². The van der Waals surface area contributed by atoms with E-state index in [1.165, 1.54) is 4.68 Å². The topological polar surface area (TPSA) is 79.1 Å². The van der Waals surface area contributed by atoms with Gasteiger partial charge >= 0.3 is 6.09 Å². The van der Waals surface area contributed by atoms with E-state index in [0.29, 0.717) is 11.2 Å². The number of carbonyl (C=O) groups is 1. The third-order valence-corrected chi connectivity index (χ3v) is 4.73. The van der Waals surface area contributed by atoms with Crippen LogP contribution >= 0.6 is 0 Å². The number of hydrogen-bond donors (Lipinski definition) is 0. The van der Waals surface area contributed by atoms with Gasteiger partial charge in [0, 0.05) is 40.8 Å². The molecular formula is C24H24N4O3. The normalized spacial score (nSPS) is 11.5. The fourth-order valence-electron chi connectivity index (χ4n) is 3.41. The molecule has 0 aliphatic rings. The van der Waals surface area contributed by atoms with Gasteiger partial charge in [0.25, 0.3) is 0 Å². The van der Waals surface area contributed by atoms with Crippen LogP contribution in [0.3, 0.4) is 0 Å². The summed E-state index contributed by atoms with van der Waals surface area (Å²) in [4.78, 5) is 21.4. The molecule has 4 rings (SSSR count). The summed E-state index contributed by atoms with van der Waals surface area (Å²) in [5.74, 6) is 0.718. The Hall–Kier alpha value is -3.74. The molecule has 0 saturated carbocycles. The molecule has 7 heteroatoms. The second kappa shape index (κ2) is 7.83. The molecule has 0 atom stereocenters. The highest BCUT2D eigenvalue weighted by Gasteiger charge is 2.23. The molecule has 3 aromatic heterocycles. The number of aryl methyl sites for hydroxylation is 1. The van der Waals surface area contributed by atoms with Crippen molar-refractivity contribution in [3.63, 3.8) is 0 Å². The van der Waals surface area contributed by atoms with Gasteiger partial charge in [-0.1, -0.05) is 6.07 Å². The second-order valence-electron chi connectivity index (χ2n) is 8.23. The molecule has 0 saturated heterocycles. The van der Waals surface area contributed by atoms with Gasteiger partial charge in [-0.2, -0.15) is 9.78 Å². The molecule has 0 amide bonds. The lowest BCUT2D eigenvalue weighted by Gasteiger charge is -2.19. The zero-order chi connectivity index (χ0) is 22.2. The number of benzene rings is 1. The first-order chi connectivity index (χ1) is 14.8. The number of rotatable bonds is 3. The van der Waals surface area contributed by atoms with Crippen LogP contribution in [0.5, 0.6) is 5.75 Å². The highest BCUT2D eigenvalue weighted by atomic mass is 16.6. The quantitative estimate of drug-likeness (QED) is 0.453. The summed E-state index contributed by atoms with van der Waals surface area (Å²) in [7, 11) is 1.63. The predicted molar refractivity (Wildman–Crippen MR) is 119 cm³/mol. The fourth-order valence-corrected chi connectivity index (χ4v) is 3.41. The van der Waals surface area contributed by atoms with E-state index < -0.39 is 11.7 Å². The van der Waals surface area contributed by atoms with E-state index in [-0.39, 0.29) is 0 Å². The zero-order valence-corrected chi connectivity index (χ0v) is 18.2. The molecule has 1 aromatic carbocycles. The molecule has 0 N–H and O–H groups in total. The third kappa shape index (κ3) is 4.12. The minimum absolute atomic E-state index is 0.527. The summed E-state index contributed by atoms with van der Waals surface area (Å²) >= 11 is 0. The number of methoxy groups -OCH3 is 1. The van der Waals surface area contributed by atoms with E-state index in [4.69, 9.17) is 9.47 Å². The molecular weight excluding hydrogens is 392 g/mol. The molecule has 0 radical (unpaired) electrons. The van der Waals surface area contributed by atoms with E-state index >= 15 is 0 Å². The molecule has 0 aliphatic heterocycles. The van der Waals surface area contributed by atoms with E-state index in [1.807, 2.05) is 64.1 Å². The Balaban J connectivity index is 1.94. The van der Waals surface area contributed by atoms with Gasteiger partial charge in [0.15, 0.2) is 0 Å². The Morgan fingerprint density at radius 3 is 2.55 bits per heavy atom. The first-order valence-electron chi connectivity index (χ1n) is 9.94. The number of nitrogens with zero attached hydrogens (tertiary/aromatic N) is 4. The molecule has 0 aliphatic carbocycles. The van der Waals surface area contributed by atoms with Crippen LogP contribution in [-0.4, -0.2) is 38.6 Å². The van der Waals surface area contributed by atoms with E-state index in [1.54, 1.807) is 25.7 Å². The summed E-state index contributed by atoms with van der Waals surface area (Å²) in [6.07, 6.45) is 4.65. The van der Waals surface area contributed by atoms with Crippen LogP contribution in [0.15, 0.2) is 55.0 Å². The summed E-state index contributed by atoms with van der Waals surface area (Å²) in [6.45, 7) is 7.41. The average molecular weight is 416 g/mol. The van der Waals surface area contributed by atoms with Crippen LogP contribution in [0.1, 0.15) is 26.5 Å². The van der Waals surface area contributed by atoms with Gasteiger partial charge in [0.1, 0.15) is 17.0 Å². The van der Waals surface area contributed by atoms with Crippen molar-refractivity contribution in [1.82, 2.24) is 19.7 Å². The fraction of sp³-hybridized carbons (Fsp3) is 0.250. The van der Waals surface area contributed by atoms with Crippen LogP contribution in [-0.2, 0) is 4.74 Å². The van der Waals surface area contributed by atoms with Gasteiger partial charge in [-0.05, 0) is 63.6 Å². The molecule has 3 heterocycles. The first kappa shape index (κ1) is 20.5. The van der Waals surface area contributed by atoms with Gasteiger partial charge in [-0.25, -0.2) is 4.79 Å². The summed E-state index contributed by atoms with van der Waals surface area (Å²) < 4.78 is 12.4. The van der Waals surface area contributed by atoms with Crippen molar-refractivity contribution in [3.8, 4) is 28.1 Å². The van der Waals surface area contributed by atoms with E-state index in [2.05, 4.69) is 15.1 Å². The van der Waals surface area contributed by atoms with Crippen LogP contribution in [0.25, 0.3) is 33.3 Å². The molecule has 7 nitrogen and oxygen atoms in total. The van der Waals surface area contributed by atoms with Gasteiger partial charge in [-0.3, -0.25) is 9.97 Å². The number of ether oxygens (including phenoxy) is 2. The van der Waals surface area contributed by atoms with Crippen molar-refractivity contribution in [2.75, 3.05) is 7.11 Å². The van der Waals surface area contributed by atoms with Crippen LogP contribution in [0, 0.1) is 6.92 Å². The monoisotopic (exact) mass is 416 g/mol. The maximum absolute atomic E-state index is 12.9. The lowest BCUT2D eigenvalue weighted by atomic mass is 10.0. The van der Waals surface area contributed by atoms with E-state index in [0.717, 1.165) is 33.5 Å². The standard InChI is InChI=1S/C24H24N4O3/c1-15-12-17(8-11-26-15)22-18-13-16(19-14-25-10-9-21(19)30-5)6-7-20(18)28(27-22)23(29)31-24(2,3)4/h6-14H,1-5H3. The predicted octanol–water partition coefficient (Wildman–Crippen LogP) is 5.26. The number of carbonyl (C=O) groups excluding carboxylic acids is 1. The molecule has 0 bridgehead atoms. The second-order valence-corrected chi connectivity index (χ2v) is 8.23. The van der Waals surface area contributed by atoms with Crippen molar-refractivity contribution in [2.45, 2.75) is 33.3 Å². The summed E-state index contributed by atoms with van der Waals surface area (Å²) in [5.41, 5.74) is 4.20. The summed E-state index contributed by atoms with van der Waals surface area (Å²) in [5, 5.41) is 5.45. The largest absolute Gasteiger partial charge is 0.496 e. The van der Waals surface area contributed by atoms with Crippen molar-refractivity contribution in [1.29, 1.82) is 0 Å². The van der Waals surface area contributed by atoms with Crippen molar-refractivity contribution >= 4 is 17.0 Å². The smallest absolute Gasteiger partial charge is 0.435 e. The lowest BCUT2D eigenvalue weighted by Crippen LogP contribution is -2.27. The molecule has 31 heavy (non-hydrogen) atoms. The number of aromatic nitrogens is 4. The third-order valence-electron chi connectivity index (χ3n) is 4.73. The number of pyridine rings is 2. The van der Waals surface area contributed by atoms with Crippen LogP contribution in [0.4, 0.5) is 4.79 Å². The van der Waals surface area contributed by atoms with Crippen LogP contribution < -0.4 is 4.74 Å². The van der Waals surface area contributed by atoms with Crippen molar-refractivity contribution in [2.24, 2.45) is 0 Å². The minimum atomic E-state index is -0.633. The molecule has 0 fully saturated rings. The first-order valence-corrected chi connectivity index (χ1v) is 9.94. The van der Waals surface area contributed by atoms with Gasteiger partial charge in [-0.15, -0.1) is 0 Å². The Morgan fingerprint density at radius 2 is 1.84 bits per heavy atom. The lowest BCUT2D eigenvalue weighted by molar-refractivity contribution is 0.0523. The molecule has 0 spiro atoms. The number of fused-ring (bicyclic) bond motifs is 1. The van der Waals surface area contributed by atoms with Gasteiger partial charge in [0.2, 0.25) is 0 Å². The summed E-state index contributed by atoms with van der Waals surface area (Å²) in [6, 6.07) is 11.4. The van der Waals surface area contributed by atoms with E-state index in [9.17, 15) is 4.79 Å². The maximum Gasteiger partial charge on any atom is 0.435 e. The molecule has 4 aromatic rings.